The third-order valence-electron chi connectivity index (χ3n) is 5.36. The molecule has 6 rings (SSSR count). The normalized spacial score (nSPS) is 16.1. The van der Waals surface area contributed by atoms with E-state index in [1.54, 1.807) is 22.9 Å². The van der Waals surface area contributed by atoms with Crippen LogP contribution in [0.2, 0.25) is 0 Å². The number of aromatic nitrogens is 2. The van der Waals surface area contributed by atoms with Gasteiger partial charge in [0.25, 0.3) is 0 Å². The summed E-state index contributed by atoms with van der Waals surface area (Å²) in [5.41, 5.74) is 4.00. The number of fused-ring (bicyclic) bond motifs is 2. The van der Waals surface area contributed by atoms with Crippen LogP contribution in [0.4, 0.5) is 5.69 Å². The van der Waals surface area contributed by atoms with E-state index in [4.69, 9.17) is 19.6 Å². The number of carbonyl (C=O) groups is 1. The number of thioether (sulfide) groups is 1. The standard InChI is InChI=1S/C25H18N4O3S/c30-24(26-18-11-12-20-21(13-18)32-15-31-20)23-22(17-9-5-2-6-10-17)28-29-14-19(27-25(29)33-23)16-7-3-1-4-8-16/h1-14,23H,15H2,(H,26,30). The van der Waals surface area contributed by atoms with Crippen LogP contribution in [0.25, 0.3) is 11.3 Å². The third kappa shape index (κ3) is 3.74. The first-order valence-electron chi connectivity index (χ1n) is 10.4. The first-order valence-corrected chi connectivity index (χ1v) is 11.3. The van der Waals surface area contributed by atoms with Crippen molar-refractivity contribution in [2.24, 2.45) is 5.10 Å². The Hall–Kier alpha value is -4.04. The fraction of sp³-hybridized carbons (Fsp3) is 0.0800. The Morgan fingerprint density at radius 2 is 1.67 bits per heavy atom. The van der Waals surface area contributed by atoms with Crippen LogP contribution in [0.1, 0.15) is 5.56 Å². The molecule has 1 aromatic heterocycles. The van der Waals surface area contributed by atoms with Gasteiger partial charge in [-0.25, -0.2) is 9.66 Å². The molecule has 0 saturated heterocycles. The summed E-state index contributed by atoms with van der Waals surface area (Å²) in [5.74, 6) is 1.10. The highest BCUT2D eigenvalue weighted by molar-refractivity contribution is 8.01. The number of nitrogens with one attached hydrogen (secondary N) is 1. The van der Waals surface area contributed by atoms with Gasteiger partial charge in [0.05, 0.1) is 17.6 Å². The molecule has 1 N–H and O–H groups in total. The van der Waals surface area contributed by atoms with Crippen molar-refractivity contribution in [3.8, 4) is 22.8 Å². The van der Waals surface area contributed by atoms with E-state index in [0.29, 0.717) is 28.1 Å². The molecule has 0 spiro atoms. The van der Waals surface area contributed by atoms with Crippen LogP contribution in [0, 0.1) is 0 Å². The highest BCUT2D eigenvalue weighted by atomic mass is 32.2. The molecule has 1 amide bonds. The number of hydrogen-bond acceptors (Lipinski definition) is 6. The lowest BCUT2D eigenvalue weighted by Gasteiger charge is -2.22. The minimum atomic E-state index is -0.573. The summed E-state index contributed by atoms with van der Waals surface area (Å²) in [6.07, 6.45) is 1.90. The molecule has 0 radical (unpaired) electrons. The molecule has 4 aromatic rings. The molecular formula is C25H18N4O3S. The second kappa shape index (κ2) is 8.14. The molecule has 0 aliphatic carbocycles. The number of carbonyl (C=O) groups excluding carboxylic acids is 1. The average molecular weight is 455 g/mol. The number of hydrogen-bond donors (Lipinski definition) is 1. The van der Waals surface area contributed by atoms with Gasteiger partial charge in [-0.05, 0) is 17.7 Å². The molecule has 7 nitrogen and oxygen atoms in total. The van der Waals surface area contributed by atoms with E-state index in [0.717, 1.165) is 16.8 Å². The van der Waals surface area contributed by atoms with Crippen molar-refractivity contribution in [3.63, 3.8) is 0 Å². The van der Waals surface area contributed by atoms with Gasteiger partial charge in [-0.15, -0.1) is 0 Å². The molecule has 0 saturated carbocycles. The summed E-state index contributed by atoms with van der Waals surface area (Å²) in [6, 6.07) is 25.0. The maximum Gasteiger partial charge on any atom is 0.244 e. The van der Waals surface area contributed by atoms with Gasteiger partial charge in [0.15, 0.2) is 16.7 Å². The van der Waals surface area contributed by atoms with E-state index in [1.165, 1.54) is 11.8 Å². The van der Waals surface area contributed by atoms with Crippen LogP contribution >= 0.6 is 11.8 Å². The predicted octanol–water partition coefficient (Wildman–Crippen LogP) is 4.64. The van der Waals surface area contributed by atoms with Gasteiger partial charge in [-0.1, -0.05) is 72.4 Å². The van der Waals surface area contributed by atoms with Crippen LogP contribution in [0.3, 0.4) is 0 Å². The Labute approximate surface area is 194 Å². The molecular weight excluding hydrogens is 436 g/mol. The molecule has 1 atom stereocenters. The molecule has 0 fully saturated rings. The zero-order valence-corrected chi connectivity index (χ0v) is 18.2. The fourth-order valence-electron chi connectivity index (χ4n) is 3.76. The maximum atomic E-state index is 13.4. The highest BCUT2D eigenvalue weighted by Gasteiger charge is 2.33. The number of anilines is 1. The number of benzene rings is 3. The second-order valence-electron chi connectivity index (χ2n) is 7.53. The number of imidazole rings is 1. The molecule has 2 aliphatic rings. The lowest BCUT2D eigenvalue weighted by atomic mass is 10.1. The molecule has 3 aromatic carbocycles. The monoisotopic (exact) mass is 454 g/mol. The lowest BCUT2D eigenvalue weighted by Crippen LogP contribution is -2.35. The van der Waals surface area contributed by atoms with Gasteiger partial charge < -0.3 is 14.8 Å². The third-order valence-corrected chi connectivity index (χ3v) is 6.52. The van der Waals surface area contributed by atoms with Crippen LogP contribution in [0.15, 0.2) is 95.3 Å². The van der Waals surface area contributed by atoms with Gasteiger partial charge in [0.1, 0.15) is 5.25 Å². The zero-order chi connectivity index (χ0) is 22.2. The maximum absolute atomic E-state index is 13.4. The molecule has 2 aliphatic heterocycles. The minimum Gasteiger partial charge on any atom is -0.454 e. The highest BCUT2D eigenvalue weighted by Crippen LogP contribution is 2.36. The van der Waals surface area contributed by atoms with E-state index in [-0.39, 0.29) is 12.7 Å². The van der Waals surface area contributed by atoms with Gasteiger partial charge in [-0.2, -0.15) is 5.10 Å². The van der Waals surface area contributed by atoms with Crippen molar-refractivity contribution in [2.45, 2.75) is 10.4 Å². The Kier molecular flexibility index (Phi) is 4.84. The van der Waals surface area contributed by atoms with Crippen molar-refractivity contribution >= 4 is 29.1 Å². The van der Waals surface area contributed by atoms with Crippen molar-refractivity contribution in [1.29, 1.82) is 0 Å². The van der Waals surface area contributed by atoms with Crippen LogP contribution in [-0.2, 0) is 4.79 Å². The summed E-state index contributed by atoms with van der Waals surface area (Å²) < 4.78 is 12.5. The molecule has 162 valence electrons. The van der Waals surface area contributed by atoms with Gasteiger partial charge in [0.2, 0.25) is 12.7 Å². The predicted molar refractivity (Wildman–Crippen MR) is 127 cm³/mol. The fourth-order valence-corrected chi connectivity index (χ4v) is 4.79. The lowest BCUT2D eigenvalue weighted by molar-refractivity contribution is -0.114. The van der Waals surface area contributed by atoms with Crippen LogP contribution in [0.5, 0.6) is 11.5 Å². The smallest absolute Gasteiger partial charge is 0.244 e. The largest absolute Gasteiger partial charge is 0.454 e. The Balaban J connectivity index is 1.35. The van der Waals surface area contributed by atoms with Gasteiger partial charge >= 0.3 is 0 Å². The molecule has 0 bridgehead atoms. The van der Waals surface area contributed by atoms with Crippen LogP contribution < -0.4 is 14.8 Å². The number of amides is 1. The summed E-state index contributed by atoms with van der Waals surface area (Å²) in [4.78, 5) is 18.2. The van der Waals surface area contributed by atoms with Crippen LogP contribution in [-0.4, -0.2) is 33.3 Å². The number of ether oxygens (including phenoxy) is 2. The zero-order valence-electron chi connectivity index (χ0n) is 17.3. The quantitative estimate of drug-likeness (QED) is 0.486. The van der Waals surface area contributed by atoms with E-state index in [9.17, 15) is 4.79 Å². The van der Waals surface area contributed by atoms with Gasteiger partial charge in [-0.3, -0.25) is 4.79 Å². The first kappa shape index (κ1) is 19.6. The van der Waals surface area contributed by atoms with E-state index >= 15 is 0 Å². The summed E-state index contributed by atoms with van der Waals surface area (Å²) in [6.45, 7) is 0.183. The van der Waals surface area contributed by atoms with Gasteiger partial charge in [0, 0.05) is 17.3 Å². The summed E-state index contributed by atoms with van der Waals surface area (Å²) in [7, 11) is 0. The van der Waals surface area contributed by atoms with Crippen molar-refractivity contribution < 1.29 is 14.3 Å². The SMILES string of the molecule is O=C(Nc1ccc2c(c1)OCO2)C1Sc2nc(-c3ccccc3)cn2N=C1c1ccccc1. The molecule has 8 heteroatoms. The number of rotatable bonds is 4. The average Bonchev–Trinajstić information content (AvgIpc) is 3.50. The Morgan fingerprint density at radius 1 is 0.939 bits per heavy atom. The summed E-state index contributed by atoms with van der Waals surface area (Å²) in [5, 5.41) is 7.90. The number of nitrogens with zero attached hydrogens (tertiary/aromatic N) is 3. The molecule has 33 heavy (non-hydrogen) atoms. The Bertz CT molecular complexity index is 1370. The van der Waals surface area contributed by atoms with E-state index < -0.39 is 5.25 Å². The van der Waals surface area contributed by atoms with Crippen molar-refractivity contribution in [2.75, 3.05) is 12.1 Å². The van der Waals surface area contributed by atoms with E-state index in [2.05, 4.69) is 5.32 Å². The minimum absolute atomic E-state index is 0.183. The molecule has 3 heterocycles. The second-order valence-corrected chi connectivity index (χ2v) is 8.60. The topological polar surface area (TPSA) is 77.7 Å². The molecule has 1 unspecified atom stereocenters. The van der Waals surface area contributed by atoms with Crippen molar-refractivity contribution in [3.05, 3.63) is 90.6 Å². The first-order chi connectivity index (χ1) is 16.2. The Morgan fingerprint density at radius 3 is 2.45 bits per heavy atom. The summed E-state index contributed by atoms with van der Waals surface area (Å²) >= 11 is 1.38. The van der Waals surface area contributed by atoms with E-state index in [1.807, 2.05) is 66.9 Å². The van der Waals surface area contributed by atoms with Crippen molar-refractivity contribution in [1.82, 2.24) is 9.66 Å².